The first-order valence-electron chi connectivity index (χ1n) is 5.34. The summed E-state index contributed by atoms with van der Waals surface area (Å²) in [6.07, 6.45) is 0. The number of nitrogen functional groups attached to an aromatic ring is 1. The summed E-state index contributed by atoms with van der Waals surface area (Å²) in [6.45, 7) is 2.87. The Labute approximate surface area is 98.6 Å². The normalized spacial score (nSPS) is 16.5. The summed E-state index contributed by atoms with van der Waals surface area (Å²) >= 11 is 0. The van der Waals surface area contributed by atoms with Gasteiger partial charge in [-0.2, -0.15) is 5.10 Å². The maximum atomic E-state index is 12.1. The third-order valence-corrected chi connectivity index (χ3v) is 2.94. The van der Waals surface area contributed by atoms with Crippen molar-refractivity contribution in [3.05, 3.63) is 11.4 Å². The minimum atomic E-state index is -0.298. The minimum absolute atomic E-state index is 0.0737. The molecule has 1 aliphatic heterocycles. The van der Waals surface area contributed by atoms with Gasteiger partial charge in [0.05, 0.1) is 11.4 Å². The summed E-state index contributed by atoms with van der Waals surface area (Å²) in [5.74, 6) is -0.372. The number of aryl methyl sites for hydroxylation is 1. The third kappa shape index (κ3) is 1.95. The molecule has 17 heavy (non-hydrogen) atoms. The predicted molar refractivity (Wildman–Crippen MR) is 61.3 cm³/mol. The fourth-order valence-electron chi connectivity index (χ4n) is 1.68. The van der Waals surface area contributed by atoms with Crippen molar-refractivity contribution in [3.8, 4) is 0 Å². The Bertz CT molecular complexity index is 467. The Morgan fingerprint density at radius 2 is 2.18 bits per heavy atom. The lowest BCUT2D eigenvalue weighted by atomic mass is 10.2. The Kier molecular flexibility index (Phi) is 2.74. The van der Waals surface area contributed by atoms with E-state index in [0.29, 0.717) is 24.5 Å². The second kappa shape index (κ2) is 4.08. The lowest BCUT2D eigenvalue weighted by Crippen LogP contribution is -2.50. The molecule has 7 heteroatoms. The van der Waals surface area contributed by atoms with Crippen LogP contribution >= 0.6 is 0 Å². The number of hydrogen-bond acceptors (Lipinski definition) is 4. The number of carbonyl (C=O) groups is 2. The molecule has 1 fully saturated rings. The Hall–Kier alpha value is -2.05. The van der Waals surface area contributed by atoms with Crippen LogP contribution in [0.25, 0.3) is 0 Å². The number of H-pyrrole nitrogens is 1. The van der Waals surface area contributed by atoms with Gasteiger partial charge < -0.3 is 15.5 Å². The van der Waals surface area contributed by atoms with Gasteiger partial charge in [-0.1, -0.05) is 0 Å². The fraction of sp³-hybridized carbons (Fsp3) is 0.500. The van der Waals surface area contributed by atoms with Crippen LogP contribution in [0.4, 0.5) is 5.69 Å². The van der Waals surface area contributed by atoms with Crippen molar-refractivity contribution in [3.63, 3.8) is 0 Å². The van der Waals surface area contributed by atoms with Crippen molar-refractivity contribution in [1.82, 2.24) is 20.0 Å². The van der Waals surface area contributed by atoms with Crippen molar-refractivity contribution in [2.45, 2.75) is 6.92 Å². The highest BCUT2D eigenvalue weighted by atomic mass is 16.2. The molecule has 1 aromatic rings. The van der Waals surface area contributed by atoms with Crippen LogP contribution in [0.1, 0.15) is 16.2 Å². The second-order valence-electron chi connectivity index (χ2n) is 4.15. The third-order valence-electron chi connectivity index (χ3n) is 2.94. The van der Waals surface area contributed by atoms with Crippen LogP contribution in [0.3, 0.4) is 0 Å². The van der Waals surface area contributed by atoms with Gasteiger partial charge >= 0.3 is 0 Å². The standard InChI is InChI=1S/C10H15N5O2/c1-6-8(11)9(13-12-6)10(17)15-4-3-14(2)7(16)5-15/h3-5,11H2,1-2H3,(H,12,13). The average molecular weight is 237 g/mol. The van der Waals surface area contributed by atoms with Gasteiger partial charge in [0.25, 0.3) is 5.91 Å². The van der Waals surface area contributed by atoms with Crippen LogP contribution in [0.2, 0.25) is 0 Å². The SMILES string of the molecule is Cc1[nH]nc(C(=O)N2CCN(C)C(=O)C2)c1N. The molecule has 0 spiro atoms. The summed E-state index contributed by atoms with van der Waals surface area (Å²) in [5.41, 5.74) is 6.94. The lowest BCUT2D eigenvalue weighted by molar-refractivity contribution is -0.133. The molecule has 2 heterocycles. The predicted octanol–water partition coefficient (Wildman–Crippen LogP) is -0.785. The second-order valence-corrected chi connectivity index (χ2v) is 4.15. The molecule has 0 radical (unpaired) electrons. The summed E-state index contributed by atoms with van der Waals surface area (Å²) in [6, 6.07) is 0. The highest BCUT2D eigenvalue weighted by Crippen LogP contribution is 2.15. The van der Waals surface area contributed by atoms with E-state index >= 15 is 0 Å². The van der Waals surface area contributed by atoms with Gasteiger partial charge in [0.2, 0.25) is 5.91 Å². The molecule has 2 rings (SSSR count). The van der Waals surface area contributed by atoms with Crippen molar-refractivity contribution in [2.75, 3.05) is 32.4 Å². The van der Waals surface area contributed by atoms with E-state index in [1.165, 1.54) is 4.90 Å². The molecule has 7 nitrogen and oxygen atoms in total. The van der Waals surface area contributed by atoms with E-state index < -0.39 is 0 Å². The van der Waals surface area contributed by atoms with Crippen LogP contribution in [0, 0.1) is 6.92 Å². The van der Waals surface area contributed by atoms with Crippen molar-refractivity contribution < 1.29 is 9.59 Å². The molecule has 0 unspecified atom stereocenters. The number of likely N-dealkylation sites (N-methyl/N-ethyl adjacent to an activating group) is 1. The van der Waals surface area contributed by atoms with Gasteiger partial charge in [-0.15, -0.1) is 0 Å². The maximum Gasteiger partial charge on any atom is 0.277 e. The molecule has 1 aromatic heterocycles. The molecule has 0 bridgehead atoms. The molecular weight excluding hydrogens is 222 g/mol. The van der Waals surface area contributed by atoms with Gasteiger partial charge in [-0.05, 0) is 6.92 Å². The summed E-state index contributed by atoms with van der Waals surface area (Å²) in [7, 11) is 1.72. The summed E-state index contributed by atoms with van der Waals surface area (Å²) in [5, 5.41) is 6.53. The first-order chi connectivity index (χ1) is 8.00. The molecule has 0 aromatic carbocycles. The molecule has 1 saturated heterocycles. The highest BCUT2D eigenvalue weighted by Gasteiger charge is 2.28. The van der Waals surface area contributed by atoms with E-state index in [-0.39, 0.29) is 24.1 Å². The zero-order chi connectivity index (χ0) is 12.6. The van der Waals surface area contributed by atoms with Crippen LogP contribution in [-0.2, 0) is 4.79 Å². The number of piperazine rings is 1. The van der Waals surface area contributed by atoms with Crippen LogP contribution < -0.4 is 5.73 Å². The fourth-order valence-corrected chi connectivity index (χ4v) is 1.68. The number of aromatic nitrogens is 2. The molecule has 92 valence electrons. The number of carbonyl (C=O) groups excluding carboxylic acids is 2. The average Bonchev–Trinajstić information content (AvgIpc) is 2.63. The first kappa shape index (κ1) is 11.4. The van der Waals surface area contributed by atoms with Crippen LogP contribution in [0.5, 0.6) is 0 Å². The largest absolute Gasteiger partial charge is 0.395 e. The number of nitrogens with zero attached hydrogens (tertiary/aromatic N) is 3. The van der Waals surface area contributed by atoms with Crippen LogP contribution in [0.15, 0.2) is 0 Å². The van der Waals surface area contributed by atoms with Gasteiger partial charge in [-0.25, -0.2) is 0 Å². The molecule has 0 aliphatic carbocycles. The zero-order valence-corrected chi connectivity index (χ0v) is 9.86. The topological polar surface area (TPSA) is 95.3 Å². The van der Waals surface area contributed by atoms with Gasteiger partial charge in [0, 0.05) is 20.1 Å². The van der Waals surface area contributed by atoms with E-state index in [4.69, 9.17) is 5.73 Å². The van der Waals surface area contributed by atoms with E-state index in [0.717, 1.165) is 0 Å². The number of rotatable bonds is 1. The highest BCUT2D eigenvalue weighted by molar-refractivity contribution is 5.99. The maximum absolute atomic E-state index is 12.1. The quantitative estimate of drug-likeness (QED) is 0.669. The van der Waals surface area contributed by atoms with E-state index in [9.17, 15) is 9.59 Å². The Morgan fingerprint density at radius 3 is 2.71 bits per heavy atom. The van der Waals surface area contributed by atoms with E-state index in [2.05, 4.69) is 10.2 Å². The van der Waals surface area contributed by atoms with Gasteiger partial charge in [-0.3, -0.25) is 14.7 Å². The number of nitrogens with two attached hydrogens (primary N) is 1. The summed E-state index contributed by atoms with van der Waals surface area (Å²) in [4.78, 5) is 26.6. The van der Waals surface area contributed by atoms with Crippen molar-refractivity contribution >= 4 is 17.5 Å². The van der Waals surface area contributed by atoms with Gasteiger partial charge in [0.1, 0.15) is 6.54 Å². The Morgan fingerprint density at radius 1 is 1.47 bits per heavy atom. The molecular formula is C10H15N5O2. The number of nitrogens with one attached hydrogen (secondary N) is 1. The van der Waals surface area contributed by atoms with E-state index in [1.54, 1.807) is 18.9 Å². The molecule has 1 aliphatic rings. The number of amides is 2. The number of anilines is 1. The monoisotopic (exact) mass is 237 g/mol. The zero-order valence-electron chi connectivity index (χ0n) is 9.86. The Balaban J connectivity index is 2.16. The number of hydrogen-bond donors (Lipinski definition) is 2. The van der Waals surface area contributed by atoms with Crippen molar-refractivity contribution in [2.24, 2.45) is 0 Å². The molecule has 0 saturated carbocycles. The smallest absolute Gasteiger partial charge is 0.277 e. The summed E-state index contributed by atoms with van der Waals surface area (Å²) < 4.78 is 0. The molecule has 0 atom stereocenters. The first-order valence-corrected chi connectivity index (χ1v) is 5.34. The number of aromatic amines is 1. The molecule has 2 amide bonds. The molecule has 3 N–H and O–H groups in total. The van der Waals surface area contributed by atoms with Crippen molar-refractivity contribution in [1.29, 1.82) is 0 Å². The lowest BCUT2D eigenvalue weighted by Gasteiger charge is -2.31. The van der Waals surface area contributed by atoms with E-state index in [1.807, 2.05) is 0 Å². The van der Waals surface area contributed by atoms with Crippen LogP contribution in [-0.4, -0.2) is 58.5 Å². The minimum Gasteiger partial charge on any atom is -0.395 e. The van der Waals surface area contributed by atoms with Gasteiger partial charge in [0.15, 0.2) is 5.69 Å².